The summed E-state index contributed by atoms with van der Waals surface area (Å²) in [6.07, 6.45) is 1.18. The normalized spacial score (nSPS) is 20.7. The minimum absolute atomic E-state index is 0.560. The largest absolute Gasteiger partial charge is 0.381 e. The SMILES string of the molecule is Clc1cc(Cl)cc(-c2nnc3ccc(N4CC(C5CCOC5)C4)nn23)c1. The van der Waals surface area contributed by atoms with Gasteiger partial charge in [-0.1, -0.05) is 23.2 Å². The van der Waals surface area contributed by atoms with Crippen molar-refractivity contribution < 1.29 is 4.74 Å². The number of nitrogens with zero attached hydrogens (tertiary/aromatic N) is 5. The van der Waals surface area contributed by atoms with Crippen LogP contribution in [0.15, 0.2) is 30.3 Å². The van der Waals surface area contributed by atoms with Crippen LogP contribution >= 0.6 is 23.2 Å². The molecule has 1 aromatic carbocycles. The molecule has 0 bridgehead atoms. The summed E-state index contributed by atoms with van der Waals surface area (Å²) in [6, 6.07) is 9.27. The molecule has 5 rings (SSSR count). The number of aromatic nitrogens is 4. The van der Waals surface area contributed by atoms with E-state index in [1.165, 1.54) is 6.42 Å². The van der Waals surface area contributed by atoms with Crippen LogP contribution in [0.25, 0.3) is 17.0 Å². The highest BCUT2D eigenvalue weighted by molar-refractivity contribution is 6.35. The van der Waals surface area contributed by atoms with Gasteiger partial charge in [0.2, 0.25) is 0 Å². The van der Waals surface area contributed by atoms with Crippen molar-refractivity contribution in [3.05, 3.63) is 40.4 Å². The lowest BCUT2D eigenvalue weighted by Gasteiger charge is -2.42. The van der Waals surface area contributed by atoms with Gasteiger partial charge in [-0.25, -0.2) is 0 Å². The minimum atomic E-state index is 0.560. The number of rotatable bonds is 3. The van der Waals surface area contributed by atoms with E-state index in [0.29, 0.717) is 33.4 Å². The number of halogens is 2. The Morgan fingerprint density at radius 2 is 1.81 bits per heavy atom. The van der Waals surface area contributed by atoms with Crippen molar-refractivity contribution >= 4 is 34.7 Å². The summed E-state index contributed by atoms with van der Waals surface area (Å²) in [7, 11) is 0. The van der Waals surface area contributed by atoms with Gasteiger partial charge in [-0.15, -0.1) is 15.3 Å². The molecule has 1 unspecified atom stereocenters. The molecule has 0 aliphatic carbocycles. The number of benzene rings is 1. The molecule has 26 heavy (non-hydrogen) atoms. The van der Waals surface area contributed by atoms with Crippen molar-refractivity contribution in [1.29, 1.82) is 0 Å². The Labute approximate surface area is 160 Å². The third kappa shape index (κ3) is 2.82. The lowest BCUT2D eigenvalue weighted by atomic mass is 9.85. The molecule has 2 saturated heterocycles. The monoisotopic (exact) mass is 389 g/mol. The van der Waals surface area contributed by atoms with E-state index < -0.39 is 0 Å². The first kappa shape index (κ1) is 16.3. The summed E-state index contributed by atoms with van der Waals surface area (Å²) >= 11 is 12.3. The smallest absolute Gasteiger partial charge is 0.185 e. The number of fused-ring (bicyclic) bond motifs is 1. The Bertz CT molecular complexity index is 943. The van der Waals surface area contributed by atoms with Crippen LogP contribution in [0.2, 0.25) is 10.0 Å². The molecular formula is C18H17Cl2N5O. The van der Waals surface area contributed by atoms with Gasteiger partial charge in [-0.2, -0.15) is 4.52 Å². The number of ether oxygens (including phenoxy) is 1. The maximum absolute atomic E-state index is 6.13. The van der Waals surface area contributed by atoms with Crippen LogP contribution in [-0.4, -0.2) is 46.1 Å². The van der Waals surface area contributed by atoms with E-state index in [4.69, 9.17) is 33.0 Å². The van der Waals surface area contributed by atoms with Crippen LogP contribution in [0.5, 0.6) is 0 Å². The third-order valence-electron chi connectivity index (χ3n) is 5.23. The molecule has 2 aliphatic rings. The predicted octanol–water partition coefficient (Wildman–Crippen LogP) is 3.57. The molecule has 2 aromatic heterocycles. The molecule has 0 spiro atoms. The van der Waals surface area contributed by atoms with Gasteiger partial charge < -0.3 is 9.64 Å². The van der Waals surface area contributed by atoms with Gasteiger partial charge >= 0.3 is 0 Å². The van der Waals surface area contributed by atoms with Crippen LogP contribution < -0.4 is 4.90 Å². The second-order valence-corrected chi connectivity index (χ2v) is 7.80. The lowest BCUT2D eigenvalue weighted by molar-refractivity contribution is 0.163. The molecule has 0 N–H and O–H groups in total. The molecule has 2 fully saturated rings. The fourth-order valence-electron chi connectivity index (χ4n) is 3.73. The van der Waals surface area contributed by atoms with Crippen LogP contribution in [0.4, 0.5) is 5.82 Å². The van der Waals surface area contributed by atoms with E-state index in [0.717, 1.165) is 37.7 Å². The van der Waals surface area contributed by atoms with Crippen LogP contribution in [0.1, 0.15) is 6.42 Å². The average Bonchev–Trinajstić information content (AvgIpc) is 3.21. The maximum atomic E-state index is 6.13. The van der Waals surface area contributed by atoms with E-state index in [9.17, 15) is 0 Å². The van der Waals surface area contributed by atoms with Crippen molar-refractivity contribution in [2.24, 2.45) is 11.8 Å². The number of hydrogen-bond acceptors (Lipinski definition) is 5. The highest BCUT2D eigenvalue weighted by atomic mass is 35.5. The Morgan fingerprint density at radius 3 is 2.54 bits per heavy atom. The van der Waals surface area contributed by atoms with Gasteiger partial charge in [0.25, 0.3) is 0 Å². The van der Waals surface area contributed by atoms with Gasteiger partial charge in [0.1, 0.15) is 5.82 Å². The molecule has 0 radical (unpaired) electrons. The summed E-state index contributed by atoms with van der Waals surface area (Å²) < 4.78 is 7.26. The molecule has 1 atom stereocenters. The van der Waals surface area contributed by atoms with Gasteiger partial charge in [0.05, 0.1) is 0 Å². The number of hydrogen-bond donors (Lipinski definition) is 0. The molecule has 3 aromatic rings. The van der Waals surface area contributed by atoms with Gasteiger partial charge in [0, 0.05) is 41.9 Å². The average molecular weight is 390 g/mol. The quantitative estimate of drug-likeness (QED) is 0.685. The lowest BCUT2D eigenvalue weighted by Crippen LogP contribution is -2.50. The molecule has 6 nitrogen and oxygen atoms in total. The topological polar surface area (TPSA) is 55.5 Å². The second kappa shape index (κ2) is 6.37. The predicted molar refractivity (Wildman–Crippen MR) is 101 cm³/mol. The zero-order valence-electron chi connectivity index (χ0n) is 14.0. The number of anilines is 1. The highest BCUT2D eigenvalue weighted by Crippen LogP contribution is 2.33. The Hall–Kier alpha value is -1.89. The zero-order chi connectivity index (χ0) is 17.7. The zero-order valence-corrected chi connectivity index (χ0v) is 15.5. The van der Waals surface area contributed by atoms with E-state index >= 15 is 0 Å². The third-order valence-corrected chi connectivity index (χ3v) is 5.67. The molecule has 4 heterocycles. The summed E-state index contributed by atoms with van der Waals surface area (Å²) in [5, 5.41) is 14.3. The summed E-state index contributed by atoms with van der Waals surface area (Å²) in [5.74, 6) is 2.95. The second-order valence-electron chi connectivity index (χ2n) is 6.93. The molecule has 8 heteroatoms. The first-order chi connectivity index (χ1) is 12.7. The molecule has 0 amide bonds. The first-order valence-electron chi connectivity index (χ1n) is 8.69. The van der Waals surface area contributed by atoms with Crippen molar-refractivity contribution in [3.63, 3.8) is 0 Å². The summed E-state index contributed by atoms with van der Waals surface area (Å²) in [5.41, 5.74) is 1.49. The van der Waals surface area contributed by atoms with Crippen LogP contribution in [-0.2, 0) is 4.74 Å². The Morgan fingerprint density at radius 1 is 1.00 bits per heavy atom. The fourth-order valence-corrected chi connectivity index (χ4v) is 4.26. The Balaban J connectivity index is 1.44. The summed E-state index contributed by atoms with van der Waals surface area (Å²) in [6.45, 7) is 3.84. The molecule has 2 aliphatic heterocycles. The summed E-state index contributed by atoms with van der Waals surface area (Å²) in [4.78, 5) is 2.29. The maximum Gasteiger partial charge on any atom is 0.185 e. The van der Waals surface area contributed by atoms with Crippen molar-refractivity contribution in [2.75, 3.05) is 31.2 Å². The molecule has 134 valence electrons. The van der Waals surface area contributed by atoms with Crippen molar-refractivity contribution in [3.8, 4) is 11.4 Å². The van der Waals surface area contributed by atoms with E-state index in [-0.39, 0.29) is 0 Å². The first-order valence-corrected chi connectivity index (χ1v) is 9.44. The van der Waals surface area contributed by atoms with Crippen LogP contribution in [0, 0.1) is 11.8 Å². The Kier molecular flexibility index (Phi) is 3.99. The molecule has 0 saturated carbocycles. The van der Waals surface area contributed by atoms with E-state index in [1.807, 2.05) is 24.3 Å². The highest BCUT2D eigenvalue weighted by Gasteiger charge is 2.36. The van der Waals surface area contributed by atoms with Gasteiger partial charge in [0.15, 0.2) is 11.5 Å². The van der Waals surface area contributed by atoms with Crippen molar-refractivity contribution in [1.82, 2.24) is 19.8 Å². The fraction of sp³-hybridized carbons (Fsp3) is 0.389. The van der Waals surface area contributed by atoms with E-state index in [2.05, 4.69) is 15.1 Å². The van der Waals surface area contributed by atoms with Gasteiger partial charge in [-0.3, -0.25) is 0 Å². The van der Waals surface area contributed by atoms with Crippen molar-refractivity contribution in [2.45, 2.75) is 6.42 Å². The standard InChI is InChI=1S/C18H17Cl2N5O/c19-14-5-12(6-15(20)7-14)18-22-21-16-1-2-17(23-25(16)18)24-8-13(9-24)11-3-4-26-10-11/h1-2,5-7,11,13H,3-4,8-10H2. The molecular weight excluding hydrogens is 373 g/mol. The van der Waals surface area contributed by atoms with E-state index in [1.54, 1.807) is 10.6 Å². The minimum Gasteiger partial charge on any atom is -0.381 e. The van der Waals surface area contributed by atoms with Crippen LogP contribution in [0.3, 0.4) is 0 Å². The van der Waals surface area contributed by atoms with Gasteiger partial charge in [-0.05, 0) is 48.6 Å².